The molecule has 23 heavy (non-hydrogen) atoms. The van der Waals surface area contributed by atoms with Gasteiger partial charge in [-0.3, -0.25) is 4.98 Å². The lowest BCUT2D eigenvalue weighted by Crippen LogP contribution is -2.31. The van der Waals surface area contributed by atoms with Crippen LogP contribution in [0, 0.1) is 0 Å². The van der Waals surface area contributed by atoms with Gasteiger partial charge in [-0.15, -0.1) is 0 Å². The fraction of sp³-hybridized carbons (Fsp3) is 0.467. The molecule has 0 saturated carbocycles. The zero-order valence-electron chi connectivity index (χ0n) is 13.2. The second-order valence-electron chi connectivity index (χ2n) is 5.83. The second kappa shape index (κ2) is 6.29. The van der Waals surface area contributed by atoms with E-state index in [1.54, 1.807) is 35.6 Å². The molecule has 0 bridgehead atoms. The van der Waals surface area contributed by atoms with Crippen LogP contribution in [0.25, 0.3) is 0 Å². The van der Waals surface area contributed by atoms with Crippen LogP contribution in [-0.2, 0) is 10.0 Å². The van der Waals surface area contributed by atoms with Gasteiger partial charge < -0.3 is 9.30 Å². The summed E-state index contributed by atoms with van der Waals surface area (Å²) in [5.41, 5.74) is 0. The molecule has 0 aromatic carbocycles. The van der Waals surface area contributed by atoms with Crippen LogP contribution in [0.4, 0.5) is 0 Å². The minimum Gasteiger partial charge on any atom is -0.487 e. The van der Waals surface area contributed by atoms with Crippen LogP contribution < -0.4 is 4.74 Å². The fourth-order valence-electron chi connectivity index (χ4n) is 2.49. The molecule has 7 nitrogen and oxygen atoms in total. The lowest BCUT2D eigenvalue weighted by molar-refractivity contribution is 0.214. The van der Waals surface area contributed by atoms with Crippen molar-refractivity contribution in [3.8, 4) is 5.75 Å². The Morgan fingerprint density at radius 1 is 1.39 bits per heavy atom. The van der Waals surface area contributed by atoms with E-state index in [1.165, 1.54) is 4.31 Å². The highest BCUT2D eigenvalue weighted by Crippen LogP contribution is 2.23. The zero-order chi connectivity index (χ0) is 16.4. The van der Waals surface area contributed by atoms with Crippen molar-refractivity contribution in [3.05, 3.63) is 37.1 Å². The standard InChI is InChI=1S/C15H20N4O3S/c1-12(2)18-10-15(17-11-18)23(20,21)19-7-5-14(9-19)22-13-4-3-6-16-8-13/h3-4,6,8,10-12,14H,5,7,9H2,1-2H3/t14-/m0/s1. The molecular formula is C15H20N4O3S. The summed E-state index contributed by atoms with van der Waals surface area (Å²) in [4.78, 5) is 8.04. The number of aromatic nitrogens is 3. The molecule has 8 heteroatoms. The summed E-state index contributed by atoms with van der Waals surface area (Å²) in [5.74, 6) is 0.654. The van der Waals surface area contributed by atoms with E-state index in [-0.39, 0.29) is 17.2 Å². The van der Waals surface area contributed by atoms with Crippen molar-refractivity contribution >= 4 is 10.0 Å². The lowest BCUT2D eigenvalue weighted by atomic mass is 10.3. The predicted molar refractivity (Wildman–Crippen MR) is 84.6 cm³/mol. The van der Waals surface area contributed by atoms with Crippen molar-refractivity contribution in [1.82, 2.24) is 18.8 Å². The van der Waals surface area contributed by atoms with Gasteiger partial charge in [0.05, 0.1) is 19.1 Å². The third kappa shape index (κ3) is 3.37. The molecule has 1 atom stereocenters. The van der Waals surface area contributed by atoms with Gasteiger partial charge >= 0.3 is 0 Å². The quantitative estimate of drug-likeness (QED) is 0.830. The number of sulfonamides is 1. The van der Waals surface area contributed by atoms with Gasteiger partial charge in [0.15, 0.2) is 5.03 Å². The average molecular weight is 336 g/mol. The summed E-state index contributed by atoms with van der Waals surface area (Å²) in [6.07, 6.45) is 6.91. The van der Waals surface area contributed by atoms with E-state index < -0.39 is 10.0 Å². The van der Waals surface area contributed by atoms with E-state index in [0.29, 0.717) is 25.3 Å². The van der Waals surface area contributed by atoms with Crippen molar-refractivity contribution in [2.24, 2.45) is 0 Å². The molecule has 1 saturated heterocycles. The van der Waals surface area contributed by atoms with Crippen molar-refractivity contribution in [3.63, 3.8) is 0 Å². The molecule has 1 fully saturated rings. The minimum absolute atomic E-state index is 0.0910. The molecule has 0 amide bonds. The largest absolute Gasteiger partial charge is 0.487 e. The summed E-state index contributed by atoms with van der Waals surface area (Å²) < 4.78 is 34.3. The van der Waals surface area contributed by atoms with Crippen molar-refractivity contribution < 1.29 is 13.2 Å². The summed E-state index contributed by atoms with van der Waals surface area (Å²) in [6, 6.07) is 3.78. The predicted octanol–water partition coefficient (Wildman–Crippen LogP) is 1.70. The van der Waals surface area contributed by atoms with Crippen molar-refractivity contribution in [1.29, 1.82) is 0 Å². The van der Waals surface area contributed by atoms with Gasteiger partial charge in [0, 0.05) is 25.0 Å². The molecule has 0 radical (unpaired) electrons. The summed E-state index contributed by atoms with van der Waals surface area (Å²) in [6.45, 7) is 4.71. The highest BCUT2D eigenvalue weighted by Gasteiger charge is 2.35. The third-order valence-electron chi connectivity index (χ3n) is 3.82. The van der Waals surface area contributed by atoms with Gasteiger partial charge in [-0.2, -0.15) is 4.31 Å². The van der Waals surface area contributed by atoms with Crippen LogP contribution in [0.15, 0.2) is 42.1 Å². The Kier molecular flexibility index (Phi) is 4.36. The lowest BCUT2D eigenvalue weighted by Gasteiger charge is -2.16. The average Bonchev–Trinajstić information content (AvgIpc) is 3.18. The normalized spacial score (nSPS) is 19.3. The maximum atomic E-state index is 12.7. The number of rotatable bonds is 5. The molecule has 2 aromatic heterocycles. The molecule has 1 aliphatic rings. The number of nitrogens with zero attached hydrogens (tertiary/aromatic N) is 4. The number of hydrogen-bond donors (Lipinski definition) is 0. The molecule has 0 aliphatic carbocycles. The summed E-state index contributed by atoms with van der Waals surface area (Å²) in [7, 11) is -3.57. The first-order valence-corrected chi connectivity index (χ1v) is 9.01. The topological polar surface area (TPSA) is 77.3 Å². The maximum absolute atomic E-state index is 12.7. The molecule has 0 spiro atoms. The van der Waals surface area contributed by atoms with Crippen LogP contribution in [0.1, 0.15) is 26.3 Å². The van der Waals surface area contributed by atoms with E-state index in [9.17, 15) is 8.42 Å². The molecule has 3 rings (SSSR count). The summed E-state index contributed by atoms with van der Waals surface area (Å²) >= 11 is 0. The van der Waals surface area contributed by atoms with Gasteiger partial charge in [0.2, 0.25) is 0 Å². The van der Waals surface area contributed by atoms with Gasteiger partial charge in [-0.05, 0) is 32.4 Å². The Hall–Kier alpha value is -1.93. The molecule has 3 heterocycles. The zero-order valence-corrected chi connectivity index (χ0v) is 14.0. The van der Waals surface area contributed by atoms with Crippen molar-refractivity contribution in [2.45, 2.75) is 37.4 Å². The highest BCUT2D eigenvalue weighted by atomic mass is 32.2. The number of hydrogen-bond acceptors (Lipinski definition) is 5. The Balaban J connectivity index is 1.69. The van der Waals surface area contributed by atoms with E-state index in [1.807, 2.05) is 19.9 Å². The van der Waals surface area contributed by atoms with Crippen LogP contribution in [0.5, 0.6) is 5.75 Å². The van der Waals surface area contributed by atoms with Gasteiger partial charge in [0.1, 0.15) is 11.9 Å². The first-order chi connectivity index (χ1) is 11.0. The molecule has 124 valence electrons. The van der Waals surface area contributed by atoms with E-state index in [2.05, 4.69) is 9.97 Å². The Morgan fingerprint density at radius 2 is 2.22 bits per heavy atom. The Labute approximate surface area is 136 Å². The van der Waals surface area contributed by atoms with Crippen LogP contribution >= 0.6 is 0 Å². The molecule has 1 aliphatic heterocycles. The maximum Gasteiger partial charge on any atom is 0.262 e. The first-order valence-electron chi connectivity index (χ1n) is 7.57. The fourth-order valence-corrected chi connectivity index (χ4v) is 3.90. The van der Waals surface area contributed by atoms with E-state index >= 15 is 0 Å². The van der Waals surface area contributed by atoms with Gasteiger partial charge in [-0.25, -0.2) is 13.4 Å². The molecular weight excluding hydrogens is 316 g/mol. The van der Waals surface area contributed by atoms with E-state index in [4.69, 9.17) is 4.74 Å². The minimum atomic E-state index is -3.57. The number of ether oxygens (including phenoxy) is 1. The van der Waals surface area contributed by atoms with Crippen LogP contribution in [0.3, 0.4) is 0 Å². The molecule has 2 aromatic rings. The van der Waals surface area contributed by atoms with Crippen molar-refractivity contribution in [2.75, 3.05) is 13.1 Å². The van der Waals surface area contributed by atoms with Gasteiger partial charge in [0.25, 0.3) is 10.0 Å². The molecule has 0 N–H and O–H groups in total. The third-order valence-corrected chi connectivity index (χ3v) is 5.57. The summed E-state index contributed by atoms with van der Waals surface area (Å²) in [5, 5.41) is 0.0910. The SMILES string of the molecule is CC(C)n1cnc(S(=O)(=O)N2CC[C@H](Oc3cccnc3)C2)c1. The second-order valence-corrected chi connectivity index (χ2v) is 7.72. The highest BCUT2D eigenvalue weighted by molar-refractivity contribution is 7.89. The number of imidazole rings is 1. The monoisotopic (exact) mass is 336 g/mol. The number of pyridine rings is 1. The smallest absolute Gasteiger partial charge is 0.262 e. The first kappa shape index (κ1) is 15.9. The van der Waals surface area contributed by atoms with Crippen LogP contribution in [-0.4, -0.2) is 46.5 Å². The van der Waals surface area contributed by atoms with E-state index in [0.717, 1.165) is 0 Å². The Morgan fingerprint density at radius 3 is 2.87 bits per heavy atom. The molecule has 0 unspecified atom stereocenters. The van der Waals surface area contributed by atoms with Crippen LogP contribution in [0.2, 0.25) is 0 Å². The Bertz CT molecular complexity index is 758. The van der Waals surface area contributed by atoms with Gasteiger partial charge in [-0.1, -0.05) is 0 Å².